The van der Waals surface area contributed by atoms with Crippen LogP contribution in [0, 0.1) is 6.92 Å². The van der Waals surface area contributed by atoms with Gasteiger partial charge in [0.05, 0.1) is 0 Å². The topological polar surface area (TPSA) is 12.0 Å². The molecule has 3 aromatic carbocycles. The summed E-state index contributed by atoms with van der Waals surface area (Å²) in [6, 6.07) is 27.2. The molecule has 0 unspecified atom stereocenters. The van der Waals surface area contributed by atoms with Gasteiger partial charge in [0.15, 0.2) is 0 Å². The van der Waals surface area contributed by atoms with Gasteiger partial charge in [0, 0.05) is 16.9 Å². The molecule has 0 radical (unpaired) electrons. The lowest BCUT2D eigenvalue weighted by Gasteiger charge is -2.14. The predicted molar refractivity (Wildman–Crippen MR) is 86.3 cm³/mol. The molecule has 0 aliphatic rings. The Hall–Kier alpha value is -2.54. The van der Waals surface area contributed by atoms with Gasteiger partial charge in [-0.05, 0) is 30.2 Å². The average Bonchev–Trinajstić information content (AvgIpc) is 2.51. The van der Waals surface area contributed by atoms with E-state index in [1.54, 1.807) is 0 Å². The minimum absolute atomic E-state index is 1.13. The van der Waals surface area contributed by atoms with Crippen molar-refractivity contribution < 1.29 is 0 Å². The van der Waals surface area contributed by atoms with Crippen LogP contribution in [0.1, 0.15) is 5.56 Å². The third-order valence-electron chi connectivity index (χ3n) is 3.43. The lowest BCUT2D eigenvalue weighted by Crippen LogP contribution is -1.95. The van der Waals surface area contributed by atoms with Crippen LogP contribution < -0.4 is 5.32 Å². The molecule has 0 aromatic heterocycles. The Bertz CT molecular complexity index is 702. The maximum atomic E-state index is 3.54. The van der Waals surface area contributed by atoms with Gasteiger partial charge in [0.1, 0.15) is 0 Å². The number of para-hydroxylation sites is 2. The summed E-state index contributed by atoms with van der Waals surface area (Å²) in [5.41, 5.74) is 5.97. The lowest BCUT2D eigenvalue weighted by atomic mass is 10.0. The van der Waals surface area contributed by atoms with Crippen LogP contribution in [0.25, 0.3) is 11.1 Å². The molecular weight excluding hydrogens is 242 g/mol. The Labute approximate surface area is 119 Å². The molecular formula is C19H17N. The van der Waals surface area contributed by atoms with Crippen molar-refractivity contribution in [3.05, 3.63) is 84.4 Å². The van der Waals surface area contributed by atoms with Crippen molar-refractivity contribution in [2.24, 2.45) is 0 Å². The smallest absolute Gasteiger partial charge is 0.0463 e. The van der Waals surface area contributed by atoms with Crippen LogP contribution in [0.15, 0.2) is 78.9 Å². The number of anilines is 2. The van der Waals surface area contributed by atoms with E-state index in [2.05, 4.69) is 85.0 Å². The van der Waals surface area contributed by atoms with Crippen molar-refractivity contribution in [3.8, 4) is 11.1 Å². The second-order valence-electron chi connectivity index (χ2n) is 4.85. The van der Waals surface area contributed by atoms with E-state index in [1.807, 2.05) is 6.07 Å². The molecule has 1 heteroatoms. The molecule has 0 amide bonds. The number of benzene rings is 3. The molecule has 98 valence electrons. The van der Waals surface area contributed by atoms with Crippen molar-refractivity contribution in [2.45, 2.75) is 6.92 Å². The normalized spacial score (nSPS) is 10.2. The van der Waals surface area contributed by atoms with Gasteiger partial charge in [0.2, 0.25) is 0 Å². The quantitative estimate of drug-likeness (QED) is 0.663. The second kappa shape index (κ2) is 5.62. The maximum Gasteiger partial charge on any atom is 0.0463 e. The molecule has 0 heterocycles. The van der Waals surface area contributed by atoms with E-state index in [1.165, 1.54) is 16.7 Å². The largest absolute Gasteiger partial charge is 0.355 e. The van der Waals surface area contributed by atoms with Crippen LogP contribution in [0.3, 0.4) is 0 Å². The van der Waals surface area contributed by atoms with Crippen molar-refractivity contribution in [3.63, 3.8) is 0 Å². The summed E-state index contributed by atoms with van der Waals surface area (Å²) in [7, 11) is 0. The fourth-order valence-corrected chi connectivity index (χ4v) is 2.32. The summed E-state index contributed by atoms with van der Waals surface area (Å²) < 4.78 is 0. The predicted octanol–water partition coefficient (Wildman–Crippen LogP) is 5.41. The third kappa shape index (κ3) is 2.57. The van der Waals surface area contributed by atoms with Crippen molar-refractivity contribution >= 4 is 11.4 Å². The summed E-state index contributed by atoms with van der Waals surface area (Å²) in [5, 5.41) is 3.54. The van der Waals surface area contributed by atoms with Crippen LogP contribution in [0.2, 0.25) is 0 Å². The summed E-state index contributed by atoms with van der Waals surface area (Å²) in [6.45, 7) is 2.12. The number of rotatable bonds is 3. The van der Waals surface area contributed by atoms with Crippen molar-refractivity contribution in [1.82, 2.24) is 0 Å². The first-order valence-electron chi connectivity index (χ1n) is 6.82. The van der Waals surface area contributed by atoms with Crippen LogP contribution in [0.4, 0.5) is 11.4 Å². The highest BCUT2D eigenvalue weighted by Crippen LogP contribution is 2.30. The van der Waals surface area contributed by atoms with Crippen LogP contribution in [0.5, 0.6) is 0 Å². The zero-order chi connectivity index (χ0) is 13.8. The lowest BCUT2D eigenvalue weighted by molar-refractivity contribution is 1.43. The van der Waals surface area contributed by atoms with Crippen LogP contribution >= 0.6 is 0 Å². The molecule has 3 aromatic rings. The summed E-state index contributed by atoms with van der Waals surface area (Å²) in [5.74, 6) is 0. The van der Waals surface area contributed by atoms with E-state index in [9.17, 15) is 0 Å². The van der Waals surface area contributed by atoms with Gasteiger partial charge < -0.3 is 5.32 Å². The molecule has 0 saturated heterocycles. The van der Waals surface area contributed by atoms with E-state index in [4.69, 9.17) is 0 Å². The maximum absolute atomic E-state index is 3.54. The average molecular weight is 259 g/mol. The molecule has 0 aliphatic heterocycles. The van der Waals surface area contributed by atoms with Gasteiger partial charge >= 0.3 is 0 Å². The molecule has 3 rings (SSSR count). The molecule has 0 aliphatic carbocycles. The van der Waals surface area contributed by atoms with Gasteiger partial charge in [0.25, 0.3) is 0 Å². The zero-order valence-corrected chi connectivity index (χ0v) is 11.5. The second-order valence-corrected chi connectivity index (χ2v) is 4.85. The molecule has 0 spiro atoms. The van der Waals surface area contributed by atoms with Gasteiger partial charge in [-0.2, -0.15) is 0 Å². The molecule has 1 nitrogen and oxygen atoms in total. The Morgan fingerprint density at radius 1 is 0.600 bits per heavy atom. The van der Waals surface area contributed by atoms with Gasteiger partial charge in [-0.3, -0.25) is 0 Å². The van der Waals surface area contributed by atoms with Crippen LogP contribution in [-0.2, 0) is 0 Å². The summed E-state index contributed by atoms with van der Waals surface area (Å²) >= 11 is 0. The monoisotopic (exact) mass is 259 g/mol. The Morgan fingerprint density at radius 3 is 1.95 bits per heavy atom. The fraction of sp³-hybridized carbons (Fsp3) is 0.0526. The first-order valence-corrected chi connectivity index (χ1v) is 6.82. The third-order valence-corrected chi connectivity index (χ3v) is 3.43. The van der Waals surface area contributed by atoms with E-state index in [0.717, 1.165) is 11.4 Å². The van der Waals surface area contributed by atoms with Crippen molar-refractivity contribution in [1.29, 1.82) is 0 Å². The minimum atomic E-state index is 1.13. The first kappa shape index (κ1) is 12.5. The highest BCUT2D eigenvalue weighted by molar-refractivity contribution is 5.81. The molecule has 20 heavy (non-hydrogen) atoms. The minimum Gasteiger partial charge on any atom is -0.355 e. The number of aryl methyl sites for hydroxylation is 1. The highest BCUT2D eigenvalue weighted by Gasteiger charge is 2.05. The van der Waals surface area contributed by atoms with Crippen LogP contribution in [-0.4, -0.2) is 0 Å². The molecule has 0 bridgehead atoms. The highest BCUT2D eigenvalue weighted by atomic mass is 14.9. The number of nitrogens with one attached hydrogen (secondary N) is 1. The van der Waals surface area contributed by atoms with Crippen molar-refractivity contribution in [2.75, 3.05) is 5.32 Å². The van der Waals surface area contributed by atoms with E-state index >= 15 is 0 Å². The summed E-state index contributed by atoms with van der Waals surface area (Å²) in [6.07, 6.45) is 0. The standard InChI is InChI=1S/C19H17N/c1-15-9-5-7-13-18(15)20-19-14-8-6-12-17(19)16-10-3-2-4-11-16/h2-14,20H,1H3. The zero-order valence-electron chi connectivity index (χ0n) is 11.5. The molecule has 1 N–H and O–H groups in total. The van der Waals surface area contributed by atoms with Gasteiger partial charge in [-0.1, -0.05) is 66.7 Å². The van der Waals surface area contributed by atoms with E-state index in [-0.39, 0.29) is 0 Å². The summed E-state index contributed by atoms with van der Waals surface area (Å²) in [4.78, 5) is 0. The SMILES string of the molecule is Cc1ccccc1Nc1ccccc1-c1ccccc1. The fourth-order valence-electron chi connectivity index (χ4n) is 2.32. The molecule has 0 atom stereocenters. The van der Waals surface area contributed by atoms with E-state index < -0.39 is 0 Å². The number of hydrogen-bond acceptors (Lipinski definition) is 1. The Morgan fingerprint density at radius 2 is 1.20 bits per heavy atom. The first-order chi connectivity index (χ1) is 9.84. The number of hydrogen-bond donors (Lipinski definition) is 1. The van der Waals surface area contributed by atoms with E-state index in [0.29, 0.717) is 0 Å². The Kier molecular flexibility index (Phi) is 3.51. The Balaban J connectivity index is 2.01. The van der Waals surface area contributed by atoms with Gasteiger partial charge in [-0.25, -0.2) is 0 Å². The molecule has 0 saturated carbocycles. The van der Waals surface area contributed by atoms with Gasteiger partial charge in [-0.15, -0.1) is 0 Å². The molecule has 0 fully saturated rings.